The SMILES string of the molecule is Nc1ccc(CN2CCCC2c2cccnc2)c(Cl)c1. The number of halogens is 1. The third kappa shape index (κ3) is 2.79. The van der Waals surface area contributed by atoms with Crippen LogP contribution in [0.5, 0.6) is 0 Å². The summed E-state index contributed by atoms with van der Waals surface area (Å²) >= 11 is 6.28. The summed E-state index contributed by atoms with van der Waals surface area (Å²) in [7, 11) is 0. The number of aromatic nitrogens is 1. The van der Waals surface area contributed by atoms with E-state index in [9.17, 15) is 0 Å². The molecule has 0 spiro atoms. The lowest BCUT2D eigenvalue weighted by Crippen LogP contribution is -2.23. The summed E-state index contributed by atoms with van der Waals surface area (Å²) < 4.78 is 0. The van der Waals surface area contributed by atoms with Crippen LogP contribution in [-0.2, 0) is 6.54 Å². The number of anilines is 1. The maximum atomic E-state index is 6.28. The van der Waals surface area contributed by atoms with E-state index in [1.54, 1.807) is 0 Å². The standard InChI is InChI=1S/C16H18ClN3/c17-15-9-14(18)6-5-13(15)11-20-8-2-4-16(20)12-3-1-7-19-10-12/h1,3,5-7,9-10,16H,2,4,8,11,18H2. The second-order valence-electron chi connectivity index (χ2n) is 5.27. The molecule has 4 heteroatoms. The summed E-state index contributed by atoms with van der Waals surface area (Å²) in [6, 6.07) is 10.4. The van der Waals surface area contributed by atoms with Gasteiger partial charge in [0.1, 0.15) is 0 Å². The van der Waals surface area contributed by atoms with Crippen LogP contribution in [0, 0.1) is 0 Å². The minimum Gasteiger partial charge on any atom is -0.399 e. The molecule has 1 aliphatic heterocycles. The molecule has 1 fully saturated rings. The fourth-order valence-electron chi connectivity index (χ4n) is 2.88. The maximum absolute atomic E-state index is 6.28. The van der Waals surface area contributed by atoms with Crippen LogP contribution >= 0.6 is 11.6 Å². The molecule has 0 bridgehead atoms. The Labute approximate surface area is 124 Å². The molecule has 1 saturated heterocycles. The molecule has 2 heterocycles. The second-order valence-corrected chi connectivity index (χ2v) is 5.67. The summed E-state index contributed by atoms with van der Waals surface area (Å²) in [5.41, 5.74) is 8.88. The van der Waals surface area contributed by atoms with E-state index in [4.69, 9.17) is 17.3 Å². The first-order valence-corrected chi connectivity index (χ1v) is 7.30. The van der Waals surface area contributed by atoms with Crippen molar-refractivity contribution in [1.82, 2.24) is 9.88 Å². The summed E-state index contributed by atoms with van der Waals surface area (Å²) in [5, 5.41) is 0.752. The first-order chi connectivity index (χ1) is 9.74. The summed E-state index contributed by atoms with van der Waals surface area (Å²) in [6.07, 6.45) is 6.18. The van der Waals surface area contributed by atoms with Crippen molar-refractivity contribution < 1.29 is 0 Å². The highest BCUT2D eigenvalue weighted by Gasteiger charge is 2.26. The van der Waals surface area contributed by atoms with Gasteiger partial charge in [0.25, 0.3) is 0 Å². The van der Waals surface area contributed by atoms with Crippen molar-refractivity contribution in [2.75, 3.05) is 12.3 Å². The third-order valence-electron chi connectivity index (χ3n) is 3.88. The quantitative estimate of drug-likeness (QED) is 0.876. The Morgan fingerprint density at radius 1 is 1.35 bits per heavy atom. The number of rotatable bonds is 3. The molecule has 0 amide bonds. The lowest BCUT2D eigenvalue weighted by molar-refractivity contribution is 0.248. The largest absolute Gasteiger partial charge is 0.399 e. The first kappa shape index (κ1) is 13.4. The molecule has 0 aliphatic carbocycles. The van der Waals surface area contributed by atoms with Crippen molar-refractivity contribution in [1.29, 1.82) is 0 Å². The van der Waals surface area contributed by atoms with Gasteiger partial charge in [0, 0.05) is 35.7 Å². The first-order valence-electron chi connectivity index (χ1n) is 6.92. The number of hydrogen-bond acceptors (Lipinski definition) is 3. The highest BCUT2D eigenvalue weighted by Crippen LogP contribution is 2.33. The Bertz CT molecular complexity index is 586. The maximum Gasteiger partial charge on any atom is 0.0471 e. The Morgan fingerprint density at radius 2 is 2.25 bits per heavy atom. The molecule has 1 unspecified atom stereocenters. The van der Waals surface area contributed by atoms with Gasteiger partial charge in [-0.1, -0.05) is 23.7 Å². The van der Waals surface area contributed by atoms with Crippen molar-refractivity contribution in [3.63, 3.8) is 0 Å². The van der Waals surface area contributed by atoms with Crippen LogP contribution in [0.3, 0.4) is 0 Å². The normalized spacial score (nSPS) is 19.4. The van der Waals surface area contributed by atoms with Crippen LogP contribution < -0.4 is 5.73 Å². The molecule has 0 radical (unpaired) electrons. The molecule has 2 aromatic rings. The van der Waals surface area contributed by atoms with Crippen molar-refractivity contribution in [3.8, 4) is 0 Å². The number of nitrogen functional groups attached to an aromatic ring is 1. The zero-order valence-electron chi connectivity index (χ0n) is 11.3. The number of benzene rings is 1. The van der Waals surface area contributed by atoms with Crippen molar-refractivity contribution in [3.05, 3.63) is 58.9 Å². The van der Waals surface area contributed by atoms with Crippen LogP contribution in [0.15, 0.2) is 42.7 Å². The highest BCUT2D eigenvalue weighted by molar-refractivity contribution is 6.31. The van der Waals surface area contributed by atoms with E-state index in [1.807, 2.05) is 36.7 Å². The van der Waals surface area contributed by atoms with Crippen LogP contribution in [0.1, 0.15) is 30.0 Å². The van der Waals surface area contributed by atoms with E-state index in [-0.39, 0.29) is 0 Å². The molecular weight excluding hydrogens is 270 g/mol. The van der Waals surface area contributed by atoms with E-state index in [2.05, 4.69) is 16.0 Å². The smallest absolute Gasteiger partial charge is 0.0471 e. The molecule has 1 aliphatic rings. The molecule has 3 rings (SSSR count). The van der Waals surface area contributed by atoms with Crippen LogP contribution in [0.2, 0.25) is 5.02 Å². The monoisotopic (exact) mass is 287 g/mol. The zero-order valence-corrected chi connectivity index (χ0v) is 12.1. The van der Waals surface area contributed by atoms with Gasteiger partial charge in [-0.3, -0.25) is 9.88 Å². The minimum atomic E-state index is 0.442. The molecular formula is C16H18ClN3. The Kier molecular flexibility index (Phi) is 3.90. The van der Waals surface area contributed by atoms with Gasteiger partial charge in [-0.2, -0.15) is 0 Å². The lowest BCUT2D eigenvalue weighted by Gasteiger charge is -2.25. The Hall–Kier alpha value is -1.58. The summed E-state index contributed by atoms with van der Waals surface area (Å²) in [4.78, 5) is 6.70. The van der Waals surface area contributed by atoms with Gasteiger partial charge in [-0.05, 0) is 48.7 Å². The van der Waals surface area contributed by atoms with Gasteiger partial charge in [-0.25, -0.2) is 0 Å². The van der Waals surface area contributed by atoms with Crippen molar-refractivity contribution in [2.45, 2.75) is 25.4 Å². The van der Waals surface area contributed by atoms with E-state index < -0.39 is 0 Å². The molecule has 20 heavy (non-hydrogen) atoms. The van der Waals surface area contributed by atoms with Gasteiger partial charge in [0.05, 0.1) is 0 Å². The third-order valence-corrected chi connectivity index (χ3v) is 4.24. The molecule has 1 aromatic carbocycles. The predicted octanol–water partition coefficient (Wildman–Crippen LogP) is 3.65. The second kappa shape index (κ2) is 5.81. The molecule has 1 atom stereocenters. The number of nitrogens with two attached hydrogens (primary N) is 1. The lowest BCUT2D eigenvalue weighted by atomic mass is 10.1. The molecule has 104 valence electrons. The van der Waals surface area contributed by atoms with Crippen LogP contribution in [0.25, 0.3) is 0 Å². The average molecular weight is 288 g/mol. The van der Waals surface area contributed by atoms with Gasteiger partial charge in [-0.15, -0.1) is 0 Å². The van der Waals surface area contributed by atoms with Crippen molar-refractivity contribution in [2.24, 2.45) is 0 Å². The average Bonchev–Trinajstić information content (AvgIpc) is 2.91. The van der Waals surface area contributed by atoms with E-state index in [0.717, 1.165) is 23.7 Å². The fraction of sp³-hybridized carbons (Fsp3) is 0.312. The van der Waals surface area contributed by atoms with Crippen LogP contribution in [0.4, 0.5) is 5.69 Å². The molecule has 2 N–H and O–H groups in total. The van der Waals surface area contributed by atoms with Gasteiger partial charge >= 0.3 is 0 Å². The predicted molar refractivity (Wildman–Crippen MR) is 82.5 cm³/mol. The molecule has 1 aromatic heterocycles. The summed E-state index contributed by atoms with van der Waals surface area (Å²) in [5.74, 6) is 0. The van der Waals surface area contributed by atoms with Crippen LogP contribution in [-0.4, -0.2) is 16.4 Å². The van der Waals surface area contributed by atoms with E-state index in [1.165, 1.54) is 18.4 Å². The number of likely N-dealkylation sites (tertiary alicyclic amines) is 1. The number of nitrogens with zero attached hydrogens (tertiary/aromatic N) is 2. The van der Waals surface area contributed by atoms with Gasteiger partial charge in [0.2, 0.25) is 0 Å². The van der Waals surface area contributed by atoms with Crippen molar-refractivity contribution >= 4 is 17.3 Å². The zero-order chi connectivity index (χ0) is 13.9. The number of hydrogen-bond donors (Lipinski definition) is 1. The topological polar surface area (TPSA) is 42.1 Å². The minimum absolute atomic E-state index is 0.442. The summed E-state index contributed by atoms with van der Waals surface area (Å²) in [6.45, 7) is 1.96. The Morgan fingerprint density at radius 3 is 3.00 bits per heavy atom. The molecule has 0 saturated carbocycles. The highest BCUT2D eigenvalue weighted by atomic mass is 35.5. The fourth-order valence-corrected chi connectivity index (χ4v) is 3.13. The Balaban J connectivity index is 1.79. The van der Waals surface area contributed by atoms with E-state index in [0.29, 0.717) is 11.7 Å². The van der Waals surface area contributed by atoms with E-state index >= 15 is 0 Å². The van der Waals surface area contributed by atoms with Gasteiger partial charge < -0.3 is 5.73 Å². The number of pyridine rings is 1. The molecule has 3 nitrogen and oxygen atoms in total. The van der Waals surface area contributed by atoms with Gasteiger partial charge in [0.15, 0.2) is 0 Å².